The minimum absolute atomic E-state index is 0.159. The summed E-state index contributed by atoms with van der Waals surface area (Å²) in [7, 11) is 1.57. The lowest BCUT2D eigenvalue weighted by Crippen LogP contribution is -2.15. The van der Waals surface area contributed by atoms with Crippen LogP contribution in [0.5, 0.6) is 5.75 Å². The van der Waals surface area contributed by atoms with Crippen LogP contribution in [0.3, 0.4) is 0 Å². The molecule has 1 heterocycles. The highest BCUT2D eigenvalue weighted by molar-refractivity contribution is 7.99. The minimum Gasteiger partial charge on any atom is -0.495 e. The van der Waals surface area contributed by atoms with Gasteiger partial charge in [-0.05, 0) is 47.2 Å². The van der Waals surface area contributed by atoms with Gasteiger partial charge < -0.3 is 10.1 Å². The highest BCUT2D eigenvalue weighted by atomic mass is 32.2. The number of aryl methyl sites for hydroxylation is 1. The molecule has 8 heteroatoms. The SMILES string of the molecule is COc1ccccc1NC(=O)CSc1nnnn1-c1cccc(C)c1. The Balaban J connectivity index is 1.66. The number of anilines is 1. The number of para-hydroxylation sites is 2. The average molecular weight is 355 g/mol. The number of nitrogens with zero attached hydrogens (tertiary/aromatic N) is 4. The lowest BCUT2D eigenvalue weighted by Gasteiger charge is -2.09. The van der Waals surface area contributed by atoms with Gasteiger partial charge in [0.15, 0.2) is 0 Å². The number of rotatable bonds is 6. The van der Waals surface area contributed by atoms with E-state index < -0.39 is 0 Å². The first-order valence-corrected chi connectivity index (χ1v) is 8.57. The third kappa shape index (κ3) is 4.16. The number of benzene rings is 2. The molecule has 1 N–H and O–H groups in total. The number of aromatic nitrogens is 4. The van der Waals surface area contributed by atoms with E-state index >= 15 is 0 Å². The third-order valence-electron chi connectivity index (χ3n) is 3.40. The molecule has 0 aliphatic rings. The van der Waals surface area contributed by atoms with Crippen molar-refractivity contribution in [2.75, 3.05) is 18.2 Å². The standard InChI is InChI=1S/C17H17N5O2S/c1-12-6-5-7-13(10-12)22-17(19-20-21-22)25-11-16(23)18-14-8-3-4-9-15(14)24-2/h3-10H,11H2,1-2H3,(H,18,23). The van der Waals surface area contributed by atoms with Crippen LogP contribution in [-0.2, 0) is 4.79 Å². The number of thioether (sulfide) groups is 1. The Kier molecular flexibility index (Phi) is 5.30. The number of carbonyl (C=O) groups is 1. The van der Waals surface area contributed by atoms with E-state index in [2.05, 4.69) is 20.8 Å². The molecule has 3 aromatic rings. The molecule has 2 aromatic carbocycles. The molecule has 0 spiro atoms. The number of nitrogens with one attached hydrogen (secondary N) is 1. The molecule has 0 fully saturated rings. The van der Waals surface area contributed by atoms with Gasteiger partial charge in [-0.1, -0.05) is 36.0 Å². The van der Waals surface area contributed by atoms with Crippen molar-refractivity contribution < 1.29 is 9.53 Å². The van der Waals surface area contributed by atoms with Crippen molar-refractivity contribution in [1.29, 1.82) is 0 Å². The smallest absolute Gasteiger partial charge is 0.234 e. The summed E-state index contributed by atoms with van der Waals surface area (Å²) in [6, 6.07) is 15.1. The van der Waals surface area contributed by atoms with E-state index in [1.54, 1.807) is 23.9 Å². The molecule has 25 heavy (non-hydrogen) atoms. The largest absolute Gasteiger partial charge is 0.495 e. The van der Waals surface area contributed by atoms with Gasteiger partial charge in [-0.25, -0.2) is 0 Å². The first-order valence-electron chi connectivity index (χ1n) is 7.58. The molecule has 1 amide bonds. The number of ether oxygens (including phenoxy) is 1. The summed E-state index contributed by atoms with van der Waals surface area (Å²) in [4.78, 5) is 12.2. The van der Waals surface area contributed by atoms with Crippen LogP contribution in [-0.4, -0.2) is 39.0 Å². The highest BCUT2D eigenvalue weighted by Gasteiger charge is 2.13. The summed E-state index contributed by atoms with van der Waals surface area (Å²) in [5.74, 6) is 0.642. The molecule has 0 aliphatic carbocycles. The van der Waals surface area contributed by atoms with Gasteiger partial charge in [-0.3, -0.25) is 4.79 Å². The predicted octanol–water partition coefficient (Wildman–Crippen LogP) is 2.71. The molecule has 0 saturated carbocycles. The molecular weight excluding hydrogens is 338 g/mol. The predicted molar refractivity (Wildman–Crippen MR) is 96.2 cm³/mol. The van der Waals surface area contributed by atoms with Crippen LogP contribution in [0.15, 0.2) is 53.7 Å². The summed E-state index contributed by atoms with van der Waals surface area (Å²) in [6.45, 7) is 2.00. The highest BCUT2D eigenvalue weighted by Crippen LogP contribution is 2.24. The van der Waals surface area contributed by atoms with Gasteiger partial charge in [0.1, 0.15) is 5.75 Å². The fourth-order valence-corrected chi connectivity index (χ4v) is 2.95. The summed E-state index contributed by atoms with van der Waals surface area (Å²) in [5, 5.41) is 15.1. The second-order valence-electron chi connectivity index (χ2n) is 5.25. The number of amides is 1. The van der Waals surface area contributed by atoms with Crippen molar-refractivity contribution in [2.45, 2.75) is 12.1 Å². The Morgan fingerprint density at radius 2 is 2.08 bits per heavy atom. The summed E-state index contributed by atoms with van der Waals surface area (Å²) in [5.41, 5.74) is 2.60. The van der Waals surface area contributed by atoms with Crippen molar-refractivity contribution in [2.24, 2.45) is 0 Å². The van der Waals surface area contributed by atoms with Crippen molar-refractivity contribution >= 4 is 23.4 Å². The molecule has 0 radical (unpaired) electrons. The fourth-order valence-electron chi connectivity index (χ4n) is 2.25. The topological polar surface area (TPSA) is 81.9 Å². The number of carbonyl (C=O) groups excluding carboxylic acids is 1. The lowest BCUT2D eigenvalue weighted by molar-refractivity contribution is -0.113. The Bertz CT molecular complexity index is 881. The molecule has 3 rings (SSSR count). The third-order valence-corrected chi connectivity index (χ3v) is 4.32. The molecule has 0 saturated heterocycles. The average Bonchev–Trinajstić information content (AvgIpc) is 3.09. The van der Waals surface area contributed by atoms with Crippen LogP contribution in [0.25, 0.3) is 5.69 Å². The molecular formula is C17H17N5O2S. The summed E-state index contributed by atoms with van der Waals surface area (Å²) in [6.07, 6.45) is 0. The van der Waals surface area contributed by atoms with Gasteiger partial charge in [-0.15, -0.1) is 5.10 Å². The number of hydrogen-bond donors (Lipinski definition) is 1. The van der Waals surface area contributed by atoms with E-state index in [4.69, 9.17) is 4.74 Å². The van der Waals surface area contributed by atoms with Crippen LogP contribution in [0.1, 0.15) is 5.56 Å². The molecule has 1 aromatic heterocycles. The monoisotopic (exact) mass is 355 g/mol. The molecule has 0 aliphatic heterocycles. The molecule has 0 atom stereocenters. The van der Waals surface area contributed by atoms with E-state index in [-0.39, 0.29) is 11.7 Å². The quantitative estimate of drug-likeness (QED) is 0.685. The molecule has 128 valence electrons. The van der Waals surface area contributed by atoms with Crippen LogP contribution in [0.4, 0.5) is 5.69 Å². The van der Waals surface area contributed by atoms with E-state index in [1.807, 2.05) is 43.3 Å². The van der Waals surface area contributed by atoms with E-state index in [0.29, 0.717) is 16.6 Å². The zero-order valence-electron chi connectivity index (χ0n) is 13.8. The van der Waals surface area contributed by atoms with Crippen LogP contribution < -0.4 is 10.1 Å². The van der Waals surface area contributed by atoms with Gasteiger partial charge in [0, 0.05) is 0 Å². The molecule has 0 unspecified atom stereocenters. The second kappa shape index (κ2) is 7.80. The Morgan fingerprint density at radius 3 is 2.88 bits per heavy atom. The first kappa shape index (κ1) is 17.0. The van der Waals surface area contributed by atoms with Gasteiger partial charge in [0.25, 0.3) is 0 Å². The second-order valence-corrected chi connectivity index (χ2v) is 6.19. The van der Waals surface area contributed by atoms with Crippen molar-refractivity contribution in [1.82, 2.24) is 20.2 Å². The van der Waals surface area contributed by atoms with Crippen LogP contribution in [0, 0.1) is 6.92 Å². The van der Waals surface area contributed by atoms with Gasteiger partial charge >= 0.3 is 0 Å². The molecule has 0 bridgehead atoms. The van der Waals surface area contributed by atoms with Gasteiger partial charge in [0.05, 0.1) is 24.2 Å². The van der Waals surface area contributed by atoms with E-state index in [1.165, 1.54) is 11.8 Å². The zero-order chi connectivity index (χ0) is 17.6. The van der Waals surface area contributed by atoms with E-state index in [0.717, 1.165) is 11.3 Å². The molecule has 7 nitrogen and oxygen atoms in total. The number of tetrazole rings is 1. The summed E-state index contributed by atoms with van der Waals surface area (Å²) < 4.78 is 6.85. The van der Waals surface area contributed by atoms with Crippen molar-refractivity contribution in [3.05, 3.63) is 54.1 Å². The number of methoxy groups -OCH3 is 1. The van der Waals surface area contributed by atoms with Crippen molar-refractivity contribution in [3.8, 4) is 11.4 Å². The Hall–Kier alpha value is -2.87. The van der Waals surface area contributed by atoms with Crippen LogP contribution in [0.2, 0.25) is 0 Å². The summed E-state index contributed by atoms with van der Waals surface area (Å²) >= 11 is 1.27. The number of hydrogen-bond acceptors (Lipinski definition) is 6. The Labute approximate surface area is 149 Å². The maximum absolute atomic E-state index is 12.2. The van der Waals surface area contributed by atoms with Crippen molar-refractivity contribution in [3.63, 3.8) is 0 Å². The normalized spacial score (nSPS) is 10.5. The van der Waals surface area contributed by atoms with E-state index in [9.17, 15) is 4.79 Å². The van der Waals surface area contributed by atoms with Crippen LogP contribution >= 0.6 is 11.8 Å². The van der Waals surface area contributed by atoms with Gasteiger partial charge in [-0.2, -0.15) is 4.68 Å². The fraction of sp³-hybridized carbons (Fsp3) is 0.176. The lowest BCUT2D eigenvalue weighted by atomic mass is 10.2. The maximum atomic E-state index is 12.2. The van der Waals surface area contributed by atoms with Gasteiger partial charge in [0.2, 0.25) is 11.1 Å². The minimum atomic E-state index is -0.159. The maximum Gasteiger partial charge on any atom is 0.234 e. The Morgan fingerprint density at radius 1 is 1.24 bits per heavy atom. The zero-order valence-corrected chi connectivity index (χ0v) is 14.7. The first-order chi connectivity index (χ1) is 12.2.